The van der Waals surface area contributed by atoms with Crippen LogP contribution < -0.4 is 16.0 Å². The molecule has 7 heteroatoms. The van der Waals surface area contributed by atoms with Gasteiger partial charge >= 0.3 is 0 Å². The SMILES string of the molecule is CN=C(NCC(=O)NC(C)(C)C)NCC1(c2cccc(F)c2)CC1.I. The van der Waals surface area contributed by atoms with E-state index < -0.39 is 0 Å². The number of rotatable bonds is 5. The monoisotopic (exact) mass is 462 g/mol. The van der Waals surface area contributed by atoms with Gasteiger partial charge < -0.3 is 16.0 Å². The smallest absolute Gasteiger partial charge is 0.239 e. The molecule has 0 aliphatic heterocycles. The van der Waals surface area contributed by atoms with E-state index in [1.54, 1.807) is 19.2 Å². The Morgan fingerprint density at radius 2 is 1.96 bits per heavy atom. The number of carbonyl (C=O) groups is 1. The Hall–Kier alpha value is -1.38. The van der Waals surface area contributed by atoms with Crippen LogP contribution in [0.4, 0.5) is 4.39 Å². The molecule has 0 bridgehead atoms. The molecule has 0 spiro atoms. The number of nitrogens with one attached hydrogen (secondary N) is 3. The van der Waals surface area contributed by atoms with E-state index in [-0.39, 0.29) is 53.2 Å². The number of guanidine groups is 1. The van der Waals surface area contributed by atoms with Crippen LogP contribution in [0.2, 0.25) is 0 Å². The van der Waals surface area contributed by atoms with E-state index in [2.05, 4.69) is 20.9 Å². The second-order valence-electron chi connectivity index (χ2n) is 7.37. The maximum atomic E-state index is 13.4. The minimum absolute atomic E-state index is 0. The van der Waals surface area contributed by atoms with Crippen LogP contribution in [-0.4, -0.2) is 37.5 Å². The van der Waals surface area contributed by atoms with Crippen LogP contribution in [0, 0.1) is 5.82 Å². The van der Waals surface area contributed by atoms with E-state index in [0.29, 0.717) is 12.5 Å². The van der Waals surface area contributed by atoms with Crippen molar-refractivity contribution in [2.24, 2.45) is 4.99 Å². The lowest BCUT2D eigenvalue weighted by Gasteiger charge is -2.22. The average molecular weight is 462 g/mol. The highest BCUT2D eigenvalue weighted by molar-refractivity contribution is 14.0. The van der Waals surface area contributed by atoms with Crippen LogP contribution in [0.3, 0.4) is 0 Å². The fourth-order valence-corrected chi connectivity index (χ4v) is 2.64. The van der Waals surface area contributed by atoms with Gasteiger partial charge in [-0.1, -0.05) is 12.1 Å². The van der Waals surface area contributed by atoms with Crippen molar-refractivity contribution >= 4 is 35.8 Å². The van der Waals surface area contributed by atoms with Crippen LogP contribution in [0.1, 0.15) is 39.2 Å². The summed E-state index contributed by atoms with van der Waals surface area (Å²) in [5, 5.41) is 9.14. The lowest BCUT2D eigenvalue weighted by atomic mass is 9.96. The van der Waals surface area contributed by atoms with Crippen molar-refractivity contribution in [3.05, 3.63) is 35.6 Å². The Balaban J connectivity index is 0.00000312. The average Bonchev–Trinajstić information content (AvgIpc) is 3.27. The number of aliphatic imine (C=N–C) groups is 1. The third-order valence-electron chi connectivity index (χ3n) is 4.04. The largest absolute Gasteiger partial charge is 0.356 e. The van der Waals surface area contributed by atoms with Crippen molar-refractivity contribution in [2.45, 2.75) is 44.6 Å². The Morgan fingerprint density at radius 1 is 1.28 bits per heavy atom. The number of halogens is 2. The van der Waals surface area contributed by atoms with Gasteiger partial charge in [0, 0.05) is 24.5 Å². The molecule has 0 radical (unpaired) electrons. The number of amides is 1. The molecule has 140 valence electrons. The molecule has 1 aromatic rings. The predicted octanol–water partition coefficient (Wildman–Crippen LogP) is 2.56. The number of hydrogen-bond donors (Lipinski definition) is 3. The molecule has 1 saturated carbocycles. The number of hydrogen-bond acceptors (Lipinski definition) is 2. The molecule has 0 saturated heterocycles. The molecule has 1 aliphatic rings. The van der Waals surface area contributed by atoms with Crippen LogP contribution in [0.15, 0.2) is 29.3 Å². The van der Waals surface area contributed by atoms with E-state index in [9.17, 15) is 9.18 Å². The standard InChI is InChI=1S/C18H27FN4O.HI/c1-17(2,3)23-15(24)11-21-16(20-4)22-12-18(8-9-18)13-6-5-7-14(19)10-13;/h5-7,10H,8-9,11-12H2,1-4H3,(H,23,24)(H2,20,21,22);1H. The highest BCUT2D eigenvalue weighted by atomic mass is 127. The van der Waals surface area contributed by atoms with Gasteiger partial charge in [0.1, 0.15) is 5.82 Å². The first kappa shape index (κ1) is 21.7. The zero-order valence-corrected chi connectivity index (χ0v) is 17.6. The molecule has 1 aromatic carbocycles. The molecule has 2 rings (SSSR count). The zero-order valence-electron chi connectivity index (χ0n) is 15.3. The molecule has 1 aliphatic carbocycles. The maximum Gasteiger partial charge on any atom is 0.239 e. The quantitative estimate of drug-likeness (QED) is 0.358. The van der Waals surface area contributed by atoms with Crippen molar-refractivity contribution in [1.82, 2.24) is 16.0 Å². The third-order valence-corrected chi connectivity index (χ3v) is 4.04. The molecule has 0 heterocycles. The Bertz CT molecular complexity index is 624. The molecule has 5 nitrogen and oxygen atoms in total. The predicted molar refractivity (Wildman–Crippen MR) is 110 cm³/mol. The van der Waals surface area contributed by atoms with Crippen molar-refractivity contribution in [3.8, 4) is 0 Å². The minimum atomic E-state index is -0.259. The molecular formula is C18H28FIN4O. The Kier molecular flexibility index (Phi) is 7.64. The molecular weight excluding hydrogens is 434 g/mol. The molecule has 1 fully saturated rings. The van der Waals surface area contributed by atoms with Gasteiger partial charge in [0.2, 0.25) is 5.91 Å². The summed E-state index contributed by atoms with van der Waals surface area (Å²) in [6.07, 6.45) is 2.04. The van der Waals surface area contributed by atoms with Crippen LogP contribution >= 0.6 is 24.0 Å². The van der Waals surface area contributed by atoms with Gasteiger partial charge in [-0.2, -0.15) is 0 Å². The summed E-state index contributed by atoms with van der Waals surface area (Å²) in [6.45, 7) is 6.64. The summed E-state index contributed by atoms with van der Waals surface area (Å²) in [7, 11) is 1.67. The Morgan fingerprint density at radius 3 is 2.48 bits per heavy atom. The molecule has 0 aromatic heterocycles. The van der Waals surface area contributed by atoms with Crippen LogP contribution in [-0.2, 0) is 10.2 Å². The van der Waals surface area contributed by atoms with Gasteiger partial charge in [0.15, 0.2) is 5.96 Å². The summed E-state index contributed by atoms with van der Waals surface area (Å²) in [4.78, 5) is 16.0. The van der Waals surface area contributed by atoms with Gasteiger partial charge in [-0.25, -0.2) is 4.39 Å². The molecule has 0 atom stereocenters. The summed E-state index contributed by atoms with van der Waals surface area (Å²) in [6, 6.07) is 6.77. The Labute approximate surface area is 166 Å². The topological polar surface area (TPSA) is 65.5 Å². The second-order valence-corrected chi connectivity index (χ2v) is 7.37. The van der Waals surface area contributed by atoms with Crippen molar-refractivity contribution in [3.63, 3.8) is 0 Å². The van der Waals surface area contributed by atoms with Crippen molar-refractivity contribution in [2.75, 3.05) is 20.1 Å². The number of carbonyl (C=O) groups excluding carboxylic acids is 1. The summed E-state index contributed by atoms with van der Waals surface area (Å²) in [5.41, 5.74) is 0.717. The first-order valence-corrected chi connectivity index (χ1v) is 8.26. The number of nitrogens with zero attached hydrogens (tertiary/aromatic N) is 1. The normalized spacial score (nSPS) is 15.8. The van der Waals surface area contributed by atoms with Gasteiger partial charge in [-0.15, -0.1) is 24.0 Å². The van der Waals surface area contributed by atoms with E-state index in [1.165, 1.54) is 6.07 Å². The first-order chi connectivity index (χ1) is 11.2. The summed E-state index contributed by atoms with van der Waals surface area (Å²) in [5.74, 6) is 0.276. The highest BCUT2D eigenvalue weighted by Crippen LogP contribution is 2.47. The molecule has 25 heavy (non-hydrogen) atoms. The van der Waals surface area contributed by atoms with Gasteiger partial charge in [-0.3, -0.25) is 9.79 Å². The molecule has 3 N–H and O–H groups in total. The molecule has 1 amide bonds. The summed E-state index contributed by atoms with van der Waals surface area (Å²) >= 11 is 0. The highest BCUT2D eigenvalue weighted by Gasteiger charge is 2.44. The van der Waals surface area contributed by atoms with Crippen LogP contribution in [0.25, 0.3) is 0 Å². The summed E-state index contributed by atoms with van der Waals surface area (Å²) < 4.78 is 13.4. The fraction of sp³-hybridized carbons (Fsp3) is 0.556. The first-order valence-electron chi connectivity index (χ1n) is 8.26. The minimum Gasteiger partial charge on any atom is -0.356 e. The van der Waals surface area contributed by atoms with Crippen LogP contribution in [0.5, 0.6) is 0 Å². The lowest BCUT2D eigenvalue weighted by molar-refractivity contribution is -0.121. The van der Waals surface area contributed by atoms with Crippen molar-refractivity contribution < 1.29 is 9.18 Å². The second kappa shape index (κ2) is 8.82. The third kappa shape index (κ3) is 6.80. The van der Waals surface area contributed by atoms with Gasteiger partial charge in [0.25, 0.3) is 0 Å². The van der Waals surface area contributed by atoms with E-state index >= 15 is 0 Å². The van der Waals surface area contributed by atoms with E-state index in [1.807, 2.05) is 26.8 Å². The van der Waals surface area contributed by atoms with Gasteiger partial charge in [-0.05, 0) is 51.3 Å². The van der Waals surface area contributed by atoms with E-state index in [4.69, 9.17) is 0 Å². The number of benzene rings is 1. The van der Waals surface area contributed by atoms with E-state index in [0.717, 1.165) is 18.4 Å². The maximum absolute atomic E-state index is 13.4. The molecule has 0 unspecified atom stereocenters. The van der Waals surface area contributed by atoms with Gasteiger partial charge in [0.05, 0.1) is 6.54 Å². The fourth-order valence-electron chi connectivity index (χ4n) is 2.64. The lowest BCUT2D eigenvalue weighted by Crippen LogP contribution is -2.49. The zero-order chi connectivity index (χ0) is 17.8. The van der Waals surface area contributed by atoms with Crippen molar-refractivity contribution in [1.29, 1.82) is 0 Å².